The Labute approximate surface area is 171 Å². The molecule has 6 heteroatoms. The zero-order chi connectivity index (χ0) is 21.1. The Morgan fingerprint density at radius 1 is 1.21 bits per heavy atom. The summed E-state index contributed by atoms with van der Waals surface area (Å²) in [5.74, 6) is -0.163. The number of hydrogen-bond donors (Lipinski definition) is 1. The van der Waals surface area contributed by atoms with Crippen molar-refractivity contribution >= 4 is 22.7 Å². The summed E-state index contributed by atoms with van der Waals surface area (Å²) >= 11 is 0. The van der Waals surface area contributed by atoms with E-state index < -0.39 is 5.97 Å². The van der Waals surface area contributed by atoms with Crippen molar-refractivity contribution in [1.82, 2.24) is 9.55 Å². The molecule has 3 aromatic rings. The van der Waals surface area contributed by atoms with Crippen LogP contribution < -0.4 is 4.90 Å². The molecule has 154 valence electrons. The van der Waals surface area contributed by atoms with Crippen molar-refractivity contribution in [1.29, 1.82) is 0 Å². The van der Waals surface area contributed by atoms with Crippen LogP contribution in [-0.4, -0.2) is 47.4 Å². The molecule has 29 heavy (non-hydrogen) atoms. The summed E-state index contributed by atoms with van der Waals surface area (Å²) in [6.45, 7) is 10.7. The first-order valence-electron chi connectivity index (χ1n) is 9.91. The summed E-state index contributed by atoms with van der Waals surface area (Å²) in [4.78, 5) is 18.6. The summed E-state index contributed by atoms with van der Waals surface area (Å²) in [6, 6.07) is 10.1. The van der Waals surface area contributed by atoms with E-state index in [0.29, 0.717) is 31.8 Å². The zero-order valence-electron chi connectivity index (χ0n) is 17.8. The highest BCUT2D eigenvalue weighted by atomic mass is 16.5. The standard InChI is InChI=1S/C23H29N3O3/c1-6-29-10-9-25(5)19-12-20(23(27)28)22-21(13-19)26(17(4)24-22)14-18-11-15(2)7-8-16(18)3/h7-8,11-13H,6,9-10,14H2,1-5H3,(H,27,28). The molecule has 0 amide bonds. The van der Waals surface area contributed by atoms with Gasteiger partial charge in [0.1, 0.15) is 11.3 Å². The first-order valence-corrected chi connectivity index (χ1v) is 9.91. The number of likely N-dealkylation sites (N-methyl/N-ethyl adjacent to an activating group) is 1. The van der Waals surface area contributed by atoms with Crippen LogP contribution in [0.15, 0.2) is 30.3 Å². The van der Waals surface area contributed by atoms with Crippen molar-refractivity contribution in [2.75, 3.05) is 31.7 Å². The monoisotopic (exact) mass is 395 g/mol. The molecule has 0 radical (unpaired) electrons. The molecular weight excluding hydrogens is 366 g/mol. The normalized spacial score (nSPS) is 11.2. The number of aromatic nitrogens is 2. The van der Waals surface area contributed by atoms with Crippen LogP contribution in [0.3, 0.4) is 0 Å². The number of benzene rings is 2. The van der Waals surface area contributed by atoms with Crippen LogP contribution in [0.4, 0.5) is 5.69 Å². The van der Waals surface area contributed by atoms with Crippen molar-refractivity contribution in [3.8, 4) is 0 Å². The van der Waals surface area contributed by atoms with Crippen LogP contribution in [0.1, 0.15) is 39.8 Å². The SMILES string of the molecule is CCOCCN(C)c1cc(C(=O)O)c2nc(C)n(Cc3cc(C)ccc3C)c2c1. The molecule has 1 heterocycles. The van der Waals surface area contributed by atoms with Crippen LogP contribution in [0.25, 0.3) is 11.0 Å². The number of carboxylic acid groups (broad SMARTS) is 1. The largest absolute Gasteiger partial charge is 0.478 e. The quantitative estimate of drug-likeness (QED) is 0.580. The Kier molecular flexibility index (Phi) is 6.23. The third-order valence-electron chi connectivity index (χ3n) is 5.31. The average molecular weight is 396 g/mol. The summed E-state index contributed by atoms with van der Waals surface area (Å²) < 4.78 is 7.55. The van der Waals surface area contributed by atoms with Gasteiger partial charge in [-0.05, 0) is 51.0 Å². The van der Waals surface area contributed by atoms with Gasteiger partial charge in [-0.2, -0.15) is 0 Å². The zero-order valence-corrected chi connectivity index (χ0v) is 17.8. The van der Waals surface area contributed by atoms with Crippen LogP contribution in [0, 0.1) is 20.8 Å². The molecule has 0 fully saturated rings. The van der Waals surface area contributed by atoms with Gasteiger partial charge in [0.05, 0.1) is 17.7 Å². The van der Waals surface area contributed by atoms with Gasteiger partial charge in [-0.15, -0.1) is 0 Å². The van der Waals surface area contributed by atoms with Gasteiger partial charge >= 0.3 is 5.97 Å². The molecule has 3 rings (SSSR count). The summed E-state index contributed by atoms with van der Waals surface area (Å²) in [5, 5.41) is 9.78. The van der Waals surface area contributed by atoms with Crippen molar-refractivity contribution in [3.63, 3.8) is 0 Å². The average Bonchev–Trinajstić information content (AvgIpc) is 2.99. The van der Waals surface area contributed by atoms with Crippen LogP contribution in [-0.2, 0) is 11.3 Å². The minimum Gasteiger partial charge on any atom is -0.478 e. The van der Waals surface area contributed by atoms with Gasteiger partial charge in [0.15, 0.2) is 0 Å². The molecular formula is C23H29N3O3. The molecule has 6 nitrogen and oxygen atoms in total. The van der Waals surface area contributed by atoms with Gasteiger partial charge < -0.3 is 19.3 Å². The fourth-order valence-corrected chi connectivity index (χ4v) is 3.52. The molecule has 2 aromatic carbocycles. The Morgan fingerprint density at radius 2 is 1.97 bits per heavy atom. The predicted molar refractivity (Wildman–Crippen MR) is 116 cm³/mol. The van der Waals surface area contributed by atoms with Crippen LogP contribution in [0.5, 0.6) is 0 Å². The van der Waals surface area contributed by atoms with E-state index in [1.165, 1.54) is 16.7 Å². The number of fused-ring (bicyclic) bond motifs is 1. The van der Waals surface area contributed by atoms with Gasteiger partial charge in [-0.1, -0.05) is 23.8 Å². The first kappa shape index (κ1) is 20.9. The van der Waals surface area contributed by atoms with Crippen LogP contribution in [0.2, 0.25) is 0 Å². The van der Waals surface area contributed by atoms with Gasteiger partial charge in [0.25, 0.3) is 0 Å². The fraction of sp³-hybridized carbons (Fsp3) is 0.391. The van der Waals surface area contributed by atoms with Gasteiger partial charge in [0, 0.05) is 32.4 Å². The third kappa shape index (κ3) is 4.43. The van der Waals surface area contributed by atoms with Crippen molar-refractivity contribution in [3.05, 3.63) is 58.4 Å². The van der Waals surface area contributed by atoms with Gasteiger partial charge in [-0.25, -0.2) is 9.78 Å². The second-order valence-electron chi connectivity index (χ2n) is 7.46. The van der Waals surface area contributed by atoms with Crippen molar-refractivity contribution in [2.45, 2.75) is 34.2 Å². The maximum atomic E-state index is 11.9. The molecule has 0 aliphatic carbocycles. The summed E-state index contributed by atoms with van der Waals surface area (Å²) in [6.07, 6.45) is 0. The molecule has 0 saturated heterocycles. The molecule has 0 aliphatic rings. The molecule has 0 unspecified atom stereocenters. The van der Waals surface area contributed by atoms with Gasteiger partial charge in [0.2, 0.25) is 0 Å². The minimum absolute atomic E-state index is 0.226. The number of ether oxygens (including phenoxy) is 1. The molecule has 0 saturated carbocycles. The van der Waals surface area contributed by atoms with E-state index in [1.54, 1.807) is 6.07 Å². The molecule has 0 bridgehead atoms. The lowest BCUT2D eigenvalue weighted by atomic mass is 10.1. The fourth-order valence-electron chi connectivity index (χ4n) is 3.52. The predicted octanol–water partition coefficient (Wildman–Crippen LogP) is 4.18. The number of nitrogens with zero attached hydrogens (tertiary/aromatic N) is 3. The Morgan fingerprint density at radius 3 is 2.66 bits per heavy atom. The molecule has 0 atom stereocenters. The van der Waals surface area contributed by atoms with E-state index in [4.69, 9.17) is 4.74 Å². The summed E-state index contributed by atoms with van der Waals surface area (Å²) in [5.41, 5.74) is 6.05. The lowest BCUT2D eigenvalue weighted by Gasteiger charge is -2.20. The number of rotatable bonds is 8. The number of carboxylic acids is 1. The Balaban J connectivity index is 2.09. The Hall–Kier alpha value is -2.86. The van der Waals surface area contributed by atoms with E-state index in [-0.39, 0.29) is 5.56 Å². The van der Waals surface area contributed by atoms with E-state index in [2.05, 4.69) is 41.6 Å². The second kappa shape index (κ2) is 8.66. The Bertz CT molecular complexity index is 1040. The van der Waals surface area contributed by atoms with E-state index in [1.807, 2.05) is 31.9 Å². The summed E-state index contributed by atoms with van der Waals surface area (Å²) in [7, 11) is 1.95. The number of anilines is 1. The maximum Gasteiger partial charge on any atom is 0.338 e. The lowest BCUT2D eigenvalue weighted by molar-refractivity contribution is 0.0699. The van der Waals surface area contributed by atoms with Crippen molar-refractivity contribution in [2.24, 2.45) is 0 Å². The van der Waals surface area contributed by atoms with E-state index >= 15 is 0 Å². The number of imidazole rings is 1. The molecule has 0 spiro atoms. The van der Waals surface area contributed by atoms with E-state index in [9.17, 15) is 9.90 Å². The van der Waals surface area contributed by atoms with Gasteiger partial charge in [-0.3, -0.25) is 0 Å². The smallest absolute Gasteiger partial charge is 0.338 e. The number of carbonyl (C=O) groups is 1. The topological polar surface area (TPSA) is 67.6 Å². The van der Waals surface area contributed by atoms with Crippen LogP contribution >= 0.6 is 0 Å². The maximum absolute atomic E-state index is 11.9. The second-order valence-corrected chi connectivity index (χ2v) is 7.46. The minimum atomic E-state index is -0.966. The lowest BCUT2D eigenvalue weighted by Crippen LogP contribution is -2.23. The number of aryl methyl sites for hydroxylation is 3. The first-order chi connectivity index (χ1) is 13.8. The van der Waals surface area contributed by atoms with E-state index in [0.717, 1.165) is 17.0 Å². The molecule has 1 aromatic heterocycles. The number of aromatic carboxylic acids is 1. The highest BCUT2D eigenvalue weighted by Gasteiger charge is 2.19. The third-order valence-corrected chi connectivity index (χ3v) is 5.31. The van der Waals surface area contributed by atoms with Crippen molar-refractivity contribution < 1.29 is 14.6 Å². The molecule has 1 N–H and O–H groups in total. The number of hydrogen-bond acceptors (Lipinski definition) is 4. The molecule has 0 aliphatic heterocycles. The highest BCUT2D eigenvalue weighted by molar-refractivity contribution is 6.03. The highest BCUT2D eigenvalue weighted by Crippen LogP contribution is 2.28.